The van der Waals surface area contributed by atoms with Crippen LogP contribution in [0.4, 0.5) is 5.69 Å². The minimum absolute atomic E-state index is 0.100. The summed E-state index contributed by atoms with van der Waals surface area (Å²) < 4.78 is 26.9. The van der Waals surface area contributed by atoms with Gasteiger partial charge in [-0.15, -0.1) is 0 Å². The second kappa shape index (κ2) is 7.22. The summed E-state index contributed by atoms with van der Waals surface area (Å²) in [5, 5.41) is 21.1. The molecule has 1 aromatic rings. The highest BCUT2D eigenvalue weighted by Gasteiger charge is 2.28. The number of rotatable bonds is 6. The van der Waals surface area contributed by atoms with Crippen LogP contribution in [0, 0.1) is 0 Å². The molecule has 1 aliphatic rings. The first-order valence-electron chi connectivity index (χ1n) is 7.17. The van der Waals surface area contributed by atoms with Gasteiger partial charge in [-0.3, -0.25) is 0 Å². The van der Waals surface area contributed by atoms with Gasteiger partial charge in [0.25, 0.3) is 0 Å². The molecular weight excluding hydrogens is 292 g/mol. The number of para-hydroxylation sites is 1. The van der Waals surface area contributed by atoms with E-state index < -0.39 is 16.1 Å². The summed E-state index contributed by atoms with van der Waals surface area (Å²) in [4.78, 5) is 0.219. The smallest absolute Gasteiger partial charge is 0.245 e. The van der Waals surface area contributed by atoms with Crippen LogP contribution in [0.15, 0.2) is 29.2 Å². The lowest BCUT2D eigenvalue weighted by atomic mass is 10.2. The molecule has 6 nitrogen and oxygen atoms in total. The molecule has 0 bridgehead atoms. The first-order valence-corrected chi connectivity index (χ1v) is 8.61. The van der Waals surface area contributed by atoms with E-state index in [1.54, 1.807) is 24.3 Å². The van der Waals surface area contributed by atoms with Crippen molar-refractivity contribution in [3.05, 3.63) is 24.3 Å². The standard InChI is InChI=1S/C14H22N2O4S/c17-11-12(18)10-15-13-6-2-3-7-14(13)21(19,20)16-8-4-1-5-9-16/h2-3,6-7,12,15,17-18H,1,4-5,8-11H2. The Hall–Kier alpha value is -1.15. The van der Waals surface area contributed by atoms with Crippen molar-refractivity contribution in [2.45, 2.75) is 30.3 Å². The fraction of sp³-hybridized carbons (Fsp3) is 0.571. The lowest BCUT2D eigenvalue weighted by Crippen LogP contribution is -2.36. The van der Waals surface area contributed by atoms with Gasteiger partial charge in [0.2, 0.25) is 10.0 Å². The number of anilines is 1. The first kappa shape index (κ1) is 16.2. The Morgan fingerprint density at radius 2 is 1.86 bits per heavy atom. The Morgan fingerprint density at radius 3 is 2.52 bits per heavy atom. The van der Waals surface area contributed by atoms with Crippen molar-refractivity contribution in [3.63, 3.8) is 0 Å². The van der Waals surface area contributed by atoms with E-state index in [0.29, 0.717) is 18.8 Å². The zero-order chi connectivity index (χ0) is 15.3. The molecule has 1 aromatic carbocycles. The number of nitrogens with one attached hydrogen (secondary N) is 1. The quantitative estimate of drug-likeness (QED) is 0.716. The van der Waals surface area contributed by atoms with E-state index in [1.165, 1.54) is 4.31 Å². The van der Waals surface area contributed by atoms with Gasteiger partial charge in [-0.25, -0.2) is 8.42 Å². The Labute approximate surface area is 125 Å². The molecule has 21 heavy (non-hydrogen) atoms. The minimum Gasteiger partial charge on any atom is -0.394 e. The topological polar surface area (TPSA) is 89.9 Å². The maximum Gasteiger partial charge on any atom is 0.245 e. The van der Waals surface area contributed by atoms with Crippen molar-refractivity contribution >= 4 is 15.7 Å². The molecule has 2 rings (SSSR count). The van der Waals surface area contributed by atoms with Gasteiger partial charge < -0.3 is 15.5 Å². The highest BCUT2D eigenvalue weighted by molar-refractivity contribution is 7.89. The van der Waals surface area contributed by atoms with Crippen molar-refractivity contribution in [2.75, 3.05) is 31.6 Å². The molecule has 1 aliphatic heterocycles. The molecular formula is C14H22N2O4S. The Morgan fingerprint density at radius 1 is 1.19 bits per heavy atom. The number of hydrogen-bond donors (Lipinski definition) is 3. The highest BCUT2D eigenvalue weighted by atomic mass is 32.2. The summed E-state index contributed by atoms with van der Waals surface area (Å²) >= 11 is 0. The Kier molecular flexibility index (Phi) is 5.58. The normalized spacial score (nSPS) is 18.4. The van der Waals surface area contributed by atoms with E-state index in [1.807, 2.05) is 0 Å². The second-order valence-corrected chi connectivity index (χ2v) is 7.08. The van der Waals surface area contributed by atoms with Crippen molar-refractivity contribution in [3.8, 4) is 0 Å². The summed E-state index contributed by atoms with van der Waals surface area (Å²) in [6, 6.07) is 6.66. The van der Waals surface area contributed by atoms with Gasteiger partial charge in [-0.1, -0.05) is 18.6 Å². The number of hydrogen-bond acceptors (Lipinski definition) is 5. The molecule has 3 N–H and O–H groups in total. The molecule has 7 heteroatoms. The minimum atomic E-state index is -3.52. The number of nitrogens with zero attached hydrogens (tertiary/aromatic N) is 1. The summed E-state index contributed by atoms with van der Waals surface area (Å²) in [5.74, 6) is 0. The molecule has 1 saturated heterocycles. The third-order valence-electron chi connectivity index (χ3n) is 3.56. The van der Waals surface area contributed by atoms with Gasteiger partial charge in [0, 0.05) is 19.6 Å². The van der Waals surface area contributed by atoms with Crippen LogP contribution in [0.2, 0.25) is 0 Å². The second-order valence-electron chi connectivity index (χ2n) is 5.18. The molecule has 1 heterocycles. The summed E-state index contributed by atoms with van der Waals surface area (Å²) in [6.07, 6.45) is 1.92. The molecule has 0 aromatic heterocycles. The van der Waals surface area contributed by atoms with Gasteiger partial charge >= 0.3 is 0 Å². The predicted molar refractivity (Wildman–Crippen MR) is 80.6 cm³/mol. The molecule has 0 radical (unpaired) electrons. The van der Waals surface area contributed by atoms with Crippen molar-refractivity contribution in [1.82, 2.24) is 4.31 Å². The van der Waals surface area contributed by atoms with E-state index in [4.69, 9.17) is 5.11 Å². The van der Waals surface area contributed by atoms with Crippen LogP contribution in [0.25, 0.3) is 0 Å². The van der Waals surface area contributed by atoms with Crippen LogP contribution in [0.1, 0.15) is 19.3 Å². The van der Waals surface area contributed by atoms with Crippen LogP contribution < -0.4 is 5.32 Å². The molecule has 0 spiro atoms. The van der Waals surface area contributed by atoms with E-state index in [2.05, 4.69) is 5.32 Å². The van der Waals surface area contributed by atoms with Crippen molar-refractivity contribution < 1.29 is 18.6 Å². The molecule has 1 unspecified atom stereocenters. The Balaban J connectivity index is 2.21. The van der Waals surface area contributed by atoms with Crippen molar-refractivity contribution in [1.29, 1.82) is 0 Å². The zero-order valence-electron chi connectivity index (χ0n) is 11.9. The zero-order valence-corrected chi connectivity index (χ0v) is 12.7. The molecule has 0 amide bonds. The van der Waals surface area contributed by atoms with E-state index in [9.17, 15) is 13.5 Å². The molecule has 1 atom stereocenters. The summed E-state index contributed by atoms with van der Waals surface area (Å²) in [7, 11) is -3.52. The lowest BCUT2D eigenvalue weighted by Gasteiger charge is -2.27. The predicted octanol–water partition coefficient (Wildman–Crippen LogP) is 0.626. The van der Waals surface area contributed by atoms with Crippen LogP contribution in [0.5, 0.6) is 0 Å². The molecule has 0 saturated carbocycles. The molecule has 118 valence electrons. The number of piperidine rings is 1. The largest absolute Gasteiger partial charge is 0.394 e. The Bertz CT molecular complexity index is 556. The van der Waals surface area contributed by atoms with Gasteiger partial charge in [-0.05, 0) is 25.0 Å². The number of aliphatic hydroxyl groups excluding tert-OH is 2. The fourth-order valence-electron chi connectivity index (χ4n) is 2.37. The monoisotopic (exact) mass is 314 g/mol. The van der Waals surface area contributed by atoms with Crippen LogP contribution >= 0.6 is 0 Å². The highest BCUT2D eigenvalue weighted by Crippen LogP contribution is 2.26. The third-order valence-corrected chi connectivity index (χ3v) is 5.52. The van der Waals surface area contributed by atoms with Crippen LogP contribution in [-0.4, -0.2) is 55.3 Å². The number of benzene rings is 1. The average Bonchev–Trinajstić information content (AvgIpc) is 2.53. The first-order chi connectivity index (χ1) is 10.1. The van der Waals surface area contributed by atoms with Crippen LogP contribution in [0.3, 0.4) is 0 Å². The number of sulfonamides is 1. The maximum absolute atomic E-state index is 12.7. The van der Waals surface area contributed by atoms with E-state index in [-0.39, 0.29) is 18.0 Å². The van der Waals surface area contributed by atoms with Crippen molar-refractivity contribution in [2.24, 2.45) is 0 Å². The van der Waals surface area contributed by atoms with Gasteiger partial charge in [0.05, 0.1) is 18.4 Å². The van der Waals surface area contributed by atoms with Crippen LogP contribution in [-0.2, 0) is 10.0 Å². The molecule has 0 aliphatic carbocycles. The molecule has 1 fully saturated rings. The maximum atomic E-state index is 12.7. The van der Waals surface area contributed by atoms with E-state index in [0.717, 1.165) is 19.3 Å². The van der Waals surface area contributed by atoms with Gasteiger partial charge in [0.1, 0.15) is 4.90 Å². The fourth-order valence-corrected chi connectivity index (χ4v) is 4.06. The third kappa shape index (κ3) is 3.94. The average molecular weight is 314 g/mol. The number of aliphatic hydroxyl groups is 2. The SMILES string of the molecule is O=S(=O)(c1ccccc1NCC(O)CO)N1CCCCC1. The van der Waals surface area contributed by atoms with E-state index >= 15 is 0 Å². The lowest BCUT2D eigenvalue weighted by molar-refractivity contribution is 0.105. The van der Waals surface area contributed by atoms with Gasteiger partial charge in [0.15, 0.2) is 0 Å². The summed E-state index contributed by atoms with van der Waals surface area (Å²) in [6.45, 7) is 0.836. The van der Waals surface area contributed by atoms with Gasteiger partial charge in [-0.2, -0.15) is 4.31 Å². The summed E-state index contributed by atoms with van der Waals surface area (Å²) in [5.41, 5.74) is 0.454.